The molecule has 9 nitrogen and oxygen atoms in total. The third kappa shape index (κ3) is 4.46. The number of carbonyl (C=O) groups is 3. The Morgan fingerprint density at radius 1 is 1.06 bits per heavy atom. The molecule has 0 bridgehead atoms. The molecule has 4 rings (SSSR count). The number of hydrogen-bond acceptors (Lipinski definition) is 5. The number of nitrogens with one attached hydrogen (secondary N) is 2. The standard InChI is InChI=1S/C23H24N4O5/c28-21(24-16-6-2-1-3-7-16)14-20-22(29)25-18-8-4-5-9-19(18)26(20)23(30)15-10-12-17(13-11-15)27(31)32/h1-3,6-7,10-13,18-20H,4-5,8-9,14H2,(H,24,28)(H,25,29)/t18-,19+,20+/m1/s1. The first-order valence-electron chi connectivity index (χ1n) is 10.7. The minimum absolute atomic E-state index is 0.118. The van der Waals surface area contributed by atoms with Gasteiger partial charge in [-0.1, -0.05) is 31.0 Å². The smallest absolute Gasteiger partial charge is 0.269 e. The SMILES string of the molecule is O=C(C[C@H]1C(=O)N[C@@H]2CCCC[C@@H]2N1C(=O)c1ccc([N+](=O)[O-])cc1)Nc1ccccc1. The Balaban J connectivity index is 1.60. The van der Waals surface area contributed by atoms with E-state index in [1.807, 2.05) is 6.07 Å². The number of nitro groups is 1. The van der Waals surface area contributed by atoms with E-state index < -0.39 is 16.9 Å². The van der Waals surface area contributed by atoms with Gasteiger partial charge in [0.05, 0.1) is 17.4 Å². The van der Waals surface area contributed by atoms with E-state index in [2.05, 4.69) is 10.6 Å². The quantitative estimate of drug-likeness (QED) is 0.551. The molecule has 2 aliphatic rings. The van der Waals surface area contributed by atoms with Crippen LogP contribution in [0.5, 0.6) is 0 Å². The van der Waals surface area contributed by atoms with Crippen molar-refractivity contribution in [1.29, 1.82) is 0 Å². The highest BCUT2D eigenvalue weighted by molar-refractivity contribution is 6.01. The van der Waals surface area contributed by atoms with Crippen LogP contribution in [0.15, 0.2) is 54.6 Å². The van der Waals surface area contributed by atoms with Crippen LogP contribution in [0.4, 0.5) is 11.4 Å². The van der Waals surface area contributed by atoms with E-state index in [0.29, 0.717) is 5.69 Å². The molecule has 1 aliphatic carbocycles. The molecule has 1 aliphatic heterocycles. The van der Waals surface area contributed by atoms with Crippen molar-refractivity contribution in [3.8, 4) is 0 Å². The molecule has 0 spiro atoms. The summed E-state index contributed by atoms with van der Waals surface area (Å²) < 4.78 is 0. The minimum Gasteiger partial charge on any atom is -0.349 e. The van der Waals surface area contributed by atoms with Crippen molar-refractivity contribution >= 4 is 29.1 Å². The van der Waals surface area contributed by atoms with Crippen LogP contribution >= 0.6 is 0 Å². The summed E-state index contributed by atoms with van der Waals surface area (Å²) in [5.41, 5.74) is 0.743. The van der Waals surface area contributed by atoms with E-state index in [0.717, 1.165) is 25.7 Å². The summed E-state index contributed by atoms with van der Waals surface area (Å²) in [6.07, 6.45) is 3.19. The maximum Gasteiger partial charge on any atom is 0.269 e. The van der Waals surface area contributed by atoms with Gasteiger partial charge in [-0.05, 0) is 37.1 Å². The molecule has 2 aromatic carbocycles. The molecule has 1 heterocycles. The Morgan fingerprint density at radius 3 is 2.44 bits per heavy atom. The van der Waals surface area contributed by atoms with Crippen molar-refractivity contribution in [2.45, 2.75) is 50.2 Å². The average Bonchev–Trinajstić information content (AvgIpc) is 2.80. The number of hydrogen-bond donors (Lipinski definition) is 2. The normalized spacial score (nSPS) is 22.4. The molecule has 3 amide bonds. The summed E-state index contributed by atoms with van der Waals surface area (Å²) in [7, 11) is 0. The van der Waals surface area contributed by atoms with Gasteiger partial charge in [0.1, 0.15) is 6.04 Å². The van der Waals surface area contributed by atoms with Gasteiger partial charge in [0, 0.05) is 29.4 Å². The van der Waals surface area contributed by atoms with Gasteiger partial charge in [-0.3, -0.25) is 24.5 Å². The lowest BCUT2D eigenvalue weighted by molar-refractivity contribution is -0.384. The Kier molecular flexibility index (Phi) is 6.16. The van der Waals surface area contributed by atoms with Crippen LogP contribution in [-0.4, -0.2) is 45.7 Å². The number of rotatable bonds is 5. The number of anilines is 1. The molecule has 9 heteroatoms. The first-order chi connectivity index (χ1) is 15.4. The number of non-ortho nitro benzene ring substituents is 1. The Labute approximate surface area is 184 Å². The highest BCUT2D eigenvalue weighted by atomic mass is 16.6. The van der Waals surface area contributed by atoms with Gasteiger partial charge in [0.25, 0.3) is 11.6 Å². The molecule has 1 saturated heterocycles. The highest BCUT2D eigenvalue weighted by Gasteiger charge is 2.46. The summed E-state index contributed by atoms with van der Waals surface area (Å²) in [5.74, 6) is -1.12. The lowest BCUT2D eigenvalue weighted by Crippen LogP contribution is -2.68. The van der Waals surface area contributed by atoms with Gasteiger partial charge >= 0.3 is 0 Å². The van der Waals surface area contributed by atoms with E-state index in [-0.39, 0.29) is 41.6 Å². The first-order valence-corrected chi connectivity index (χ1v) is 10.7. The number of nitro benzene ring substituents is 1. The summed E-state index contributed by atoms with van der Waals surface area (Å²) in [6.45, 7) is 0. The predicted molar refractivity (Wildman–Crippen MR) is 117 cm³/mol. The summed E-state index contributed by atoms with van der Waals surface area (Å²) >= 11 is 0. The lowest BCUT2D eigenvalue weighted by Gasteiger charge is -2.48. The molecule has 0 unspecified atom stereocenters. The van der Waals surface area contributed by atoms with E-state index in [4.69, 9.17) is 0 Å². The minimum atomic E-state index is -0.958. The zero-order valence-corrected chi connectivity index (χ0v) is 17.4. The van der Waals surface area contributed by atoms with E-state index in [1.54, 1.807) is 24.3 Å². The second kappa shape index (κ2) is 9.17. The zero-order valence-electron chi connectivity index (χ0n) is 17.4. The Hall–Kier alpha value is -3.75. The third-order valence-electron chi connectivity index (χ3n) is 6.05. The topological polar surface area (TPSA) is 122 Å². The van der Waals surface area contributed by atoms with Crippen molar-refractivity contribution in [2.24, 2.45) is 0 Å². The number of piperazine rings is 1. The number of amides is 3. The molecule has 32 heavy (non-hydrogen) atoms. The molecular formula is C23H24N4O5. The van der Waals surface area contributed by atoms with Crippen LogP contribution in [0.2, 0.25) is 0 Å². The monoisotopic (exact) mass is 436 g/mol. The van der Waals surface area contributed by atoms with Crippen molar-refractivity contribution in [2.75, 3.05) is 5.32 Å². The maximum absolute atomic E-state index is 13.5. The van der Waals surface area contributed by atoms with Gasteiger partial charge in [-0.2, -0.15) is 0 Å². The molecule has 0 radical (unpaired) electrons. The summed E-state index contributed by atoms with van der Waals surface area (Å²) in [4.78, 5) is 51.1. The van der Waals surface area contributed by atoms with Crippen molar-refractivity contribution in [3.63, 3.8) is 0 Å². The van der Waals surface area contributed by atoms with E-state index in [9.17, 15) is 24.5 Å². The van der Waals surface area contributed by atoms with Crippen LogP contribution in [0.25, 0.3) is 0 Å². The van der Waals surface area contributed by atoms with Crippen molar-refractivity contribution in [3.05, 3.63) is 70.3 Å². The van der Waals surface area contributed by atoms with Crippen molar-refractivity contribution < 1.29 is 19.3 Å². The molecule has 2 N–H and O–H groups in total. The maximum atomic E-state index is 13.5. The predicted octanol–water partition coefficient (Wildman–Crippen LogP) is 2.88. The fraction of sp³-hybridized carbons (Fsp3) is 0.348. The molecule has 2 fully saturated rings. The van der Waals surface area contributed by atoms with Crippen LogP contribution in [0.1, 0.15) is 42.5 Å². The third-order valence-corrected chi connectivity index (χ3v) is 6.05. The number of carbonyl (C=O) groups excluding carboxylic acids is 3. The Morgan fingerprint density at radius 2 is 1.75 bits per heavy atom. The molecule has 2 aromatic rings. The largest absolute Gasteiger partial charge is 0.349 e. The van der Waals surface area contributed by atoms with Gasteiger partial charge in [0.15, 0.2) is 0 Å². The van der Waals surface area contributed by atoms with Crippen LogP contribution in [0.3, 0.4) is 0 Å². The molecule has 1 saturated carbocycles. The van der Waals surface area contributed by atoms with E-state index in [1.165, 1.54) is 29.2 Å². The molecule has 0 aromatic heterocycles. The fourth-order valence-corrected chi connectivity index (χ4v) is 4.52. The second-order valence-electron chi connectivity index (χ2n) is 8.12. The average molecular weight is 436 g/mol. The van der Waals surface area contributed by atoms with E-state index >= 15 is 0 Å². The van der Waals surface area contributed by atoms with Crippen LogP contribution in [0, 0.1) is 10.1 Å². The van der Waals surface area contributed by atoms with Gasteiger partial charge in [-0.15, -0.1) is 0 Å². The highest BCUT2D eigenvalue weighted by Crippen LogP contribution is 2.31. The lowest BCUT2D eigenvalue weighted by atomic mass is 9.84. The number of nitrogens with zero attached hydrogens (tertiary/aromatic N) is 2. The Bertz CT molecular complexity index is 1020. The second-order valence-corrected chi connectivity index (χ2v) is 8.12. The van der Waals surface area contributed by atoms with Crippen LogP contribution < -0.4 is 10.6 Å². The van der Waals surface area contributed by atoms with Gasteiger partial charge < -0.3 is 15.5 Å². The first kappa shape index (κ1) is 21.5. The molecule has 3 atom stereocenters. The fourth-order valence-electron chi connectivity index (χ4n) is 4.52. The van der Waals surface area contributed by atoms with Crippen molar-refractivity contribution in [1.82, 2.24) is 10.2 Å². The molecule has 166 valence electrons. The summed E-state index contributed by atoms with van der Waals surface area (Å²) in [6, 6.07) is 12.9. The summed E-state index contributed by atoms with van der Waals surface area (Å²) in [5, 5.41) is 16.7. The number of para-hydroxylation sites is 1. The molecular weight excluding hydrogens is 412 g/mol. The van der Waals surface area contributed by atoms with Gasteiger partial charge in [0.2, 0.25) is 11.8 Å². The number of fused-ring (bicyclic) bond motifs is 1. The van der Waals surface area contributed by atoms with Crippen LogP contribution in [-0.2, 0) is 9.59 Å². The number of benzene rings is 2. The van der Waals surface area contributed by atoms with Gasteiger partial charge in [-0.25, -0.2) is 0 Å². The zero-order chi connectivity index (χ0) is 22.7.